The molecule has 0 bridgehead atoms. The van der Waals surface area contributed by atoms with Gasteiger partial charge in [0.2, 0.25) is 0 Å². The number of nitrogens with one attached hydrogen (secondary N) is 1. The first-order valence-corrected chi connectivity index (χ1v) is 11.3. The molecule has 0 aliphatic heterocycles. The Bertz CT molecular complexity index is 1190. The van der Waals surface area contributed by atoms with Gasteiger partial charge in [0.15, 0.2) is 0 Å². The predicted molar refractivity (Wildman–Crippen MR) is 122 cm³/mol. The van der Waals surface area contributed by atoms with Crippen molar-refractivity contribution in [3.63, 3.8) is 0 Å². The predicted octanol–water partition coefficient (Wildman–Crippen LogP) is 5.09. The van der Waals surface area contributed by atoms with E-state index < -0.39 is 0 Å². The van der Waals surface area contributed by atoms with Gasteiger partial charge < -0.3 is 5.32 Å². The minimum absolute atomic E-state index is 0.103. The molecule has 3 unspecified atom stereocenters. The third-order valence-electron chi connectivity index (χ3n) is 7.47. The lowest BCUT2D eigenvalue weighted by Gasteiger charge is -2.23. The topological polar surface area (TPSA) is 54.9 Å². The molecule has 32 heavy (non-hydrogen) atoms. The number of pyridine rings is 2. The number of halogens is 1. The van der Waals surface area contributed by atoms with E-state index in [1.807, 2.05) is 6.20 Å². The maximum absolute atomic E-state index is 13.9. The van der Waals surface area contributed by atoms with E-state index in [1.54, 1.807) is 24.3 Å². The van der Waals surface area contributed by atoms with Crippen molar-refractivity contribution in [1.29, 1.82) is 0 Å². The fourth-order valence-electron chi connectivity index (χ4n) is 5.84. The van der Waals surface area contributed by atoms with E-state index in [9.17, 15) is 9.18 Å². The van der Waals surface area contributed by atoms with Crippen LogP contribution in [0.3, 0.4) is 0 Å². The highest BCUT2D eigenvalue weighted by Crippen LogP contribution is 2.53. The molecule has 5 rings (SSSR count). The maximum Gasteiger partial charge on any atom is 0.253 e. The zero-order chi connectivity index (χ0) is 22.2. The summed E-state index contributed by atoms with van der Waals surface area (Å²) < 4.78 is 13.9. The Morgan fingerprint density at radius 1 is 1.12 bits per heavy atom. The fraction of sp³-hybridized carbons (Fsp3) is 0.370. The highest BCUT2D eigenvalue weighted by atomic mass is 19.1. The number of aromatic nitrogens is 2. The van der Waals surface area contributed by atoms with Gasteiger partial charge in [-0.15, -0.1) is 6.42 Å². The van der Waals surface area contributed by atoms with Crippen LogP contribution in [0.1, 0.15) is 60.1 Å². The normalized spacial score (nSPS) is 25.3. The van der Waals surface area contributed by atoms with E-state index in [-0.39, 0.29) is 17.8 Å². The molecule has 2 aliphatic rings. The van der Waals surface area contributed by atoms with Crippen LogP contribution in [0.2, 0.25) is 0 Å². The lowest BCUT2D eigenvalue weighted by molar-refractivity contribution is 0.0925. The SMILES string of the molecule is C#Cc1ccc(C(=O)NC(C)C2C[C@H]3CC(c4ccnc5ccc(F)cc45)C[C@H]3C2)cn1. The van der Waals surface area contributed by atoms with Gasteiger partial charge in [-0.2, -0.15) is 0 Å². The summed E-state index contributed by atoms with van der Waals surface area (Å²) in [5.74, 6) is 4.37. The molecule has 2 aliphatic carbocycles. The molecule has 1 N–H and O–H groups in total. The molecule has 162 valence electrons. The second-order valence-corrected chi connectivity index (χ2v) is 9.32. The average Bonchev–Trinajstić information content (AvgIpc) is 3.38. The number of rotatable bonds is 4. The zero-order valence-electron chi connectivity index (χ0n) is 18.1. The molecular formula is C27H26FN3O. The molecule has 1 amide bonds. The molecule has 2 fully saturated rings. The van der Waals surface area contributed by atoms with Gasteiger partial charge in [-0.3, -0.25) is 9.78 Å². The first-order valence-electron chi connectivity index (χ1n) is 11.3. The van der Waals surface area contributed by atoms with Gasteiger partial charge in [0.05, 0.1) is 11.1 Å². The number of hydrogen-bond acceptors (Lipinski definition) is 3. The number of carbonyl (C=O) groups excluding carboxylic acids is 1. The minimum atomic E-state index is -0.210. The van der Waals surface area contributed by atoms with E-state index in [4.69, 9.17) is 6.42 Å². The standard InChI is InChI=1S/C27H26FN3O/c1-3-23-6-4-17(15-30-23)27(32)31-16(2)18-10-19-12-21(13-20(19)11-18)24-8-9-29-26-7-5-22(28)14-25(24)26/h1,4-9,14-16,18-21H,10-13H2,2H3,(H,31,32)/t16?,18?,19-,20+,21?. The number of nitrogens with zero attached hydrogens (tertiary/aromatic N) is 2. The maximum atomic E-state index is 13.9. The summed E-state index contributed by atoms with van der Waals surface area (Å²) >= 11 is 0. The van der Waals surface area contributed by atoms with Gasteiger partial charge in [0.1, 0.15) is 11.5 Å². The van der Waals surface area contributed by atoms with Crippen molar-refractivity contribution >= 4 is 16.8 Å². The van der Waals surface area contributed by atoms with Gasteiger partial charge in [-0.1, -0.05) is 5.92 Å². The molecule has 0 spiro atoms. The molecular weight excluding hydrogens is 401 g/mol. The Kier molecular flexibility index (Phi) is 5.38. The summed E-state index contributed by atoms with van der Waals surface area (Å²) in [7, 11) is 0. The van der Waals surface area contributed by atoms with Crippen LogP contribution in [0.4, 0.5) is 4.39 Å². The third kappa shape index (κ3) is 3.86. The molecule has 2 heterocycles. The molecule has 2 aromatic heterocycles. The Labute approximate surface area is 187 Å². The zero-order valence-corrected chi connectivity index (χ0v) is 18.1. The van der Waals surface area contributed by atoms with Crippen LogP contribution in [0.15, 0.2) is 48.8 Å². The molecule has 4 nitrogen and oxygen atoms in total. The molecule has 0 saturated heterocycles. The van der Waals surface area contributed by atoms with Crippen LogP contribution in [0.5, 0.6) is 0 Å². The lowest BCUT2D eigenvalue weighted by Crippen LogP contribution is -2.37. The van der Waals surface area contributed by atoms with E-state index in [0.717, 1.165) is 36.6 Å². The monoisotopic (exact) mass is 427 g/mol. The number of carbonyl (C=O) groups is 1. The van der Waals surface area contributed by atoms with Crippen molar-refractivity contribution < 1.29 is 9.18 Å². The van der Waals surface area contributed by atoms with Crippen molar-refractivity contribution in [2.45, 2.75) is 44.6 Å². The number of benzene rings is 1. The van der Waals surface area contributed by atoms with Gasteiger partial charge >= 0.3 is 0 Å². The van der Waals surface area contributed by atoms with Crippen LogP contribution in [0, 0.1) is 35.9 Å². The molecule has 1 aromatic carbocycles. The van der Waals surface area contributed by atoms with E-state index in [2.05, 4.69) is 34.2 Å². The van der Waals surface area contributed by atoms with Crippen LogP contribution in [-0.4, -0.2) is 21.9 Å². The van der Waals surface area contributed by atoms with Gasteiger partial charge in [-0.05, 0) is 98.2 Å². The summed E-state index contributed by atoms with van der Waals surface area (Å²) in [6, 6.07) is 10.4. The number of amides is 1. The molecule has 2 saturated carbocycles. The summed E-state index contributed by atoms with van der Waals surface area (Å²) in [6.45, 7) is 2.10. The van der Waals surface area contributed by atoms with Crippen LogP contribution in [0.25, 0.3) is 10.9 Å². The first-order chi connectivity index (χ1) is 15.5. The Morgan fingerprint density at radius 3 is 2.59 bits per heavy atom. The lowest BCUT2D eigenvalue weighted by atomic mass is 9.88. The van der Waals surface area contributed by atoms with Crippen molar-refractivity contribution in [2.24, 2.45) is 17.8 Å². The Morgan fingerprint density at radius 2 is 1.91 bits per heavy atom. The number of terminal acetylenes is 1. The van der Waals surface area contributed by atoms with Gasteiger partial charge in [0, 0.05) is 23.8 Å². The fourth-order valence-corrected chi connectivity index (χ4v) is 5.84. The first kappa shape index (κ1) is 20.6. The Hall–Kier alpha value is -3.26. The number of hydrogen-bond donors (Lipinski definition) is 1. The second kappa shape index (κ2) is 8.35. The molecule has 0 radical (unpaired) electrons. The van der Waals surface area contributed by atoms with Crippen LogP contribution in [-0.2, 0) is 0 Å². The number of fused-ring (bicyclic) bond motifs is 2. The highest BCUT2D eigenvalue weighted by Gasteiger charge is 2.43. The molecule has 5 atom stereocenters. The van der Waals surface area contributed by atoms with E-state index in [1.165, 1.54) is 17.8 Å². The smallest absolute Gasteiger partial charge is 0.253 e. The summed E-state index contributed by atoms with van der Waals surface area (Å²) in [4.78, 5) is 21.1. The summed E-state index contributed by atoms with van der Waals surface area (Å²) in [5.41, 5.74) is 3.15. The minimum Gasteiger partial charge on any atom is -0.349 e. The van der Waals surface area contributed by atoms with Crippen LogP contribution < -0.4 is 5.32 Å². The van der Waals surface area contributed by atoms with Crippen molar-refractivity contribution in [3.8, 4) is 12.3 Å². The molecule has 5 heteroatoms. The summed E-state index contributed by atoms with van der Waals surface area (Å²) in [5, 5.41) is 4.10. The van der Waals surface area contributed by atoms with E-state index in [0.29, 0.717) is 34.9 Å². The third-order valence-corrected chi connectivity index (χ3v) is 7.47. The quantitative estimate of drug-likeness (QED) is 0.590. The van der Waals surface area contributed by atoms with Crippen molar-refractivity contribution in [2.75, 3.05) is 0 Å². The largest absolute Gasteiger partial charge is 0.349 e. The average molecular weight is 428 g/mol. The van der Waals surface area contributed by atoms with Gasteiger partial charge in [0.25, 0.3) is 5.91 Å². The van der Waals surface area contributed by atoms with E-state index >= 15 is 0 Å². The second-order valence-electron chi connectivity index (χ2n) is 9.32. The highest BCUT2D eigenvalue weighted by molar-refractivity contribution is 5.94. The van der Waals surface area contributed by atoms with Crippen molar-refractivity contribution in [1.82, 2.24) is 15.3 Å². The Balaban J connectivity index is 1.23. The summed E-state index contributed by atoms with van der Waals surface area (Å²) in [6.07, 6.45) is 13.2. The molecule has 3 aromatic rings. The van der Waals surface area contributed by atoms with Gasteiger partial charge in [-0.25, -0.2) is 9.37 Å². The van der Waals surface area contributed by atoms with Crippen molar-refractivity contribution in [3.05, 3.63) is 71.4 Å². The van der Waals surface area contributed by atoms with Crippen LogP contribution >= 0.6 is 0 Å².